The first kappa shape index (κ1) is 95.2. The number of halogens is 2. The van der Waals surface area contributed by atoms with Crippen LogP contribution in [0.1, 0.15) is 56.4 Å². The average Bonchev–Trinajstić information content (AvgIpc) is 1.68. The molecule has 0 N–H and O–H groups in total. The van der Waals surface area contributed by atoms with Crippen molar-refractivity contribution in [1.29, 1.82) is 5.26 Å². The Morgan fingerprint density at radius 2 is 0.840 bits per heavy atom. The predicted octanol–water partition coefficient (Wildman–Crippen LogP) is 20.7. The zero-order valence-corrected chi connectivity index (χ0v) is 83.6. The number of hydrogen-bond acceptors (Lipinski definition) is 22. The third kappa shape index (κ3) is 19.3. The van der Waals surface area contributed by atoms with Crippen LogP contribution in [0.25, 0.3) is 168 Å². The Morgan fingerprint density at radius 3 is 1.39 bits per heavy atom. The molecule has 22 aromatic rings. The molecule has 11 aromatic heterocycles. The van der Waals surface area contributed by atoms with Crippen molar-refractivity contribution >= 4 is 66.0 Å². The van der Waals surface area contributed by atoms with Crippen LogP contribution in [-0.2, 0) is 108 Å². The number of rotatable bonds is 12. The molecule has 5 radical (unpaired) electrons. The largest absolute Gasteiger partial charge is 0.464 e. The van der Waals surface area contributed by atoms with Crippen molar-refractivity contribution in [2.45, 2.75) is 62.3 Å². The summed E-state index contributed by atoms with van der Waals surface area (Å²) in [6.07, 6.45) is 13.0. The van der Waals surface area contributed by atoms with Gasteiger partial charge < -0.3 is 22.7 Å². The van der Waals surface area contributed by atoms with Crippen molar-refractivity contribution < 1.29 is 127 Å². The normalized spacial score (nSPS) is 10.7. The third-order valence-corrected chi connectivity index (χ3v) is 21.5. The van der Waals surface area contributed by atoms with Gasteiger partial charge in [0.15, 0.2) is 25.6 Å². The van der Waals surface area contributed by atoms with Crippen LogP contribution < -0.4 is 0 Å². The quantitative estimate of drug-likeness (QED) is 0.103. The van der Waals surface area contributed by atoms with E-state index in [9.17, 15) is 8.78 Å². The van der Waals surface area contributed by atoms with E-state index in [0.29, 0.717) is 96.0 Å². The van der Waals surface area contributed by atoms with Crippen molar-refractivity contribution in [1.82, 2.24) is 104 Å². The summed E-state index contributed by atoms with van der Waals surface area (Å²) in [4.78, 5) is 47.3. The van der Waals surface area contributed by atoms with E-state index in [1.54, 1.807) is 36.1 Å². The molecule has 131 heavy (non-hydrogen) atoms. The minimum absolute atomic E-state index is 0. The molecule has 0 aliphatic heterocycles. The Hall–Kier alpha value is -13.4. The van der Waals surface area contributed by atoms with E-state index in [0.717, 1.165) is 117 Å². The molecule has 22 rings (SSSR count). The predicted molar refractivity (Wildman–Crippen MR) is 473 cm³/mol. The summed E-state index contributed by atoms with van der Waals surface area (Å²) in [7, 11) is 1.72. The van der Waals surface area contributed by atoms with Crippen LogP contribution in [0, 0.1) is 115 Å². The molecule has 0 spiro atoms. The molecule has 0 amide bonds. The van der Waals surface area contributed by atoms with Crippen LogP contribution in [0.5, 0.6) is 0 Å². The van der Waals surface area contributed by atoms with Crippen molar-refractivity contribution in [3.05, 3.63) is 337 Å². The van der Waals surface area contributed by atoms with Gasteiger partial charge in [-0.05, 0) is 147 Å². The summed E-state index contributed by atoms with van der Waals surface area (Å²) in [6.45, 7) is 18.2. The van der Waals surface area contributed by atoms with Crippen molar-refractivity contribution in [3.8, 4) is 119 Å². The summed E-state index contributed by atoms with van der Waals surface area (Å²) in [5, 5.41) is 30.5. The molecule has 0 atom stereocenters. The van der Waals surface area contributed by atoms with Crippen LogP contribution in [-0.4, -0.2) is 104 Å². The second-order valence-electron chi connectivity index (χ2n) is 29.2. The smallest absolute Gasteiger partial charge is 0.259 e. The standard InChI is InChI=1S/C27H16FN4O.C24H18FN4S.C18H15N4O.C17H14N5O.C11H6N5O.5Ir/c28-23-15-14-22(24-26(23)33-17-30-24)27-29-16-31-32(27)25-20(18-8-3-1-4-9-18)12-7-13-21(25)19-10-5-2-6-11-19;1-14-12-18(17-8-5-4-6-9-17)13-15(2)22(14)29-23(26-16(3)28-29)19-10-7-11-20-21(19)27-24(25)30-20;1-11-6-4-7-12(2)17(11)22-18(20-13(3)21-22)14-8-5-9-15-16(14)19-10-23-15;1-10-4-11(2)16(12(3)5-10)22-17(19-8-21-22)13-6-18-7-14-15(13)20-9-23-14;1-16-11(14-9(5-12)15-16)7-3-2-4-8-10(7)13-6-17-8;;;;;/h1-13,15-17H;4-9,11-13H,1-3H3;4-7,9-10H,1-3H3;4-5,7-9H,1-3H3;2,4,6H,1H3;;;;;/q5*-1;;;;;. The van der Waals surface area contributed by atoms with Gasteiger partial charge in [-0.3, -0.25) is 72.7 Å². The van der Waals surface area contributed by atoms with E-state index in [-0.39, 0.29) is 112 Å². The molecule has 0 saturated heterocycles. The Labute approximate surface area is 819 Å². The fraction of sp³-hybridized carbons (Fsp3) is 0.103. The molecule has 11 aromatic carbocycles. The minimum Gasteiger partial charge on any atom is -0.464 e. The van der Waals surface area contributed by atoms with E-state index in [4.69, 9.17) is 22.9 Å². The number of nitrogens with zero attached hydrogens (tertiary/aromatic N) is 22. The Morgan fingerprint density at radius 1 is 0.389 bits per heavy atom. The molecular weight excluding hydrogens is 2570 g/mol. The number of oxazole rings is 4. The van der Waals surface area contributed by atoms with E-state index >= 15 is 0 Å². The first-order valence-electron chi connectivity index (χ1n) is 39.5. The van der Waals surface area contributed by atoms with Crippen LogP contribution in [0.3, 0.4) is 0 Å². The second-order valence-corrected chi connectivity index (χ2v) is 30.2. The number of fused-ring (bicyclic) bond motifs is 5. The number of nitriles is 1. The van der Waals surface area contributed by atoms with E-state index in [1.807, 2.05) is 119 Å². The number of aryl methyl sites for hydroxylation is 10. The van der Waals surface area contributed by atoms with Gasteiger partial charge >= 0.3 is 0 Å². The minimum atomic E-state index is -0.521. The Bertz CT molecular complexity index is 7730. The van der Waals surface area contributed by atoms with E-state index < -0.39 is 11.1 Å². The molecule has 0 unspecified atom stereocenters. The number of benzene rings is 11. The van der Waals surface area contributed by atoms with Crippen molar-refractivity contribution in [2.24, 2.45) is 7.05 Å². The summed E-state index contributed by atoms with van der Waals surface area (Å²) >= 11 is 1.02. The van der Waals surface area contributed by atoms with Gasteiger partial charge in [-0.15, -0.1) is 71.0 Å². The molecular formula is C97H69F2Ir5N22O4S-5. The molecule has 0 aliphatic rings. The van der Waals surface area contributed by atoms with Crippen LogP contribution in [0.15, 0.2) is 256 Å². The monoisotopic (exact) mass is 2640 g/mol. The summed E-state index contributed by atoms with van der Waals surface area (Å²) < 4.78 is 58.8. The van der Waals surface area contributed by atoms with E-state index in [1.165, 1.54) is 60.1 Å². The summed E-state index contributed by atoms with van der Waals surface area (Å²) in [5.41, 5.74) is 26.5. The fourth-order valence-corrected chi connectivity index (χ4v) is 16.1. The second kappa shape index (κ2) is 41.6. The maximum atomic E-state index is 14.2. The molecule has 34 heteroatoms. The molecule has 0 aliphatic carbocycles. The first-order valence-corrected chi connectivity index (χ1v) is 40.3. The van der Waals surface area contributed by atoms with Gasteiger partial charge in [0.25, 0.3) is 5.26 Å². The number of thiazole rings is 1. The molecule has 11 heterocycles. The number of pyridine rings is 1. The van der Waals surface area contributed by atoms with Gasteiger partial charge in [-0.1, -0.05) is 185 Å². The van der Waals surface area contributed by atoms with Gasteiger partial charge in [-0.2, -0.15) is 30.0 Å². The molecule has 0 fully saturated rings. The molecule has 0 saturated carbocycles. The zero-order chi connectivity index (χ0) is 86.8. The Kier molecular flexibility index (Phi) is 30.2. The van der Waals surface area contributed by atoms with Gasteiger partial charge in [0.2, 0.25) is 5.82 Å². The molecule has 661 valence electrons. The SMILES string of the molecule is Cc1cc(C)c(-n2ncnc2-c2[c-]ncc3ocnc23)c(C)c1.Cc1nc(-c2[c-]ccc3ocnc23)n(-c2c(C)cccc2C)n1.Cc1nc(-c2[c-]ccc3sc(F)nc23)n(-c2c(C)cc(-c3ccccc3)cc2C)n1.Cn1nc(C#N)nc1-c1[c-]ccc2ocnc12.Fc1c[c-]c(-c2ncnn2-c2c(-c3ccccc3)cccc2-c2ccccc2)c2ncoc12.[Ir].[Ir].[Ir].[Ir].[Ir]. The number of para-hydroxylation sites is 2. The van der Waals surface area contributed by atoms with Crippen LogP contribution in [0.2, 0.25) is 0 Å². The Balaban J connectivity index is 0.000000140. The van der Waals surface area contributed by atoms with Crippen molar-refractivity contribution in [3.63, 3.8) is 0 Å². The maximum absolute atomic E-state index is 14.2. The summed E-state index contributed by atoms with van der Waals surface area (Å²) in [6, 6.07) is 77.8. The van der Waals surface area contributed by atoms with Gasteiger partial charge in [0, 0.05) is 146 Å². The van der Waals surface area contributed by atoms with Crippen LogP contribution >= 0.6 is 11.3 Å². The molecule has 26 nitrogen and oxygen atoms in total. The first-order chi connectivity index (χ1) is 61.4. The molecule has 0 bridgehead atoms. The van der Waals surface area contributed by atoms with E-state index in [2.05, 4.69) is 244 Å². The topological polar surface area (TPSA) is 307 Å². The zero-order valence-electron chi connectivity index (χ0n) is 70.8. The average molecular weight is 2640 g/mol. The van der Waals surface area contributed by atoms with Crippen molar-refractivity contribution in [2.75, 3.05) is 0 Å². The fourth-order valence-electron chi connectivity index (χ4n) is 15.4. The number of aromatic nitrogens is 21. The summed E-state index contributed by atoms with van der Waals surface area (Å²) in [5.74, 6) is 3.96. The maximum Gasteiger partial charge on any atom is 0.259 e. The number of hydrogen-bond donors (Lipinski definition) is 0. The van der Waals surface area contributed by atoms with Gasteiger partial charge in [0.05, 0.1) is 74.4 Å². The van der Waals surface area contributed by atoms with Crippen LogP contribution in [0.4, 0.5) is 8.78 Å². The van der Waals surface area contributed by atoms with Gasteiger partial charge in [-0.25, -0.2) is 4.98 Å². The van der Waals surface area contributed by atoms with Gasteiger partial charge in [0.1, 0.15) is 36.0 Å². The third-order valence-electron chi connectivity index (χ3n) is 20.7.